The number of esters is 1. The number of rotatable bonds is 17. The topological polar surface area (TPSA) is 118 Å². The lowest BCUT2D eigenvalue weighted by atomic mass is 9.79. The fourth-order valence-electron chi connectivity index (χ4n) is 6.59. The van der Waals surface area contributed by atoms with E-state index in [1.165, 1.54) is 0 Å². The average Bonchev–Trinajstić information content (AvgIpc) is 2.90. The summed E-state index contributed by atoms with van der Waals surface area (Å²) < 4.78 is 24.2. The van der Waals surface area contributed by atoms with E-state index in [2.05, 4.69) is 13.8 Å². The molecule has 0 amide bonds. The number of likely N-dealkylation sites (N-methyl/N-ethyl adjacent to an activating group) is 1. The summed E-state index contributed by atoms with van der Waals surface area (Å²) >= 11 is 0. The zero-order valence-electron chi connectivity index (χ0n) is 29.6. The molecule has 4 unspecified atom stereocenters. The monoisotopic (exact) mass is 615 g/mol. The van der Waals surface area contributed by atoms with E-state index in [1.54, 1.807) is 27.9 Å². The van der Waals surface area contributed by atoms with E-state index in [4.69, 9.17) is 18.9 Å². The van der Waals surface area contributed by atoms with Crippen molar-refractivity contribution in [1.82, 2.24) is 4.90 Å². The van der Waals surface area contributed by atoms with Crippen molar-refractivity contribution in [3.8, 4) is 0 Å². The Balaban J connectivity index is 3.22. The van der Waals surface area contributed by atoms with Gasteiger partial charge in [-0.15, -0.1) is 0 Å². The van der Waals surface area contributed by atoms with Gasteiger partial charge in [0.05, 0.1) is 23.7 Å². The van der Waals surface area contributed by atoms with Crippen molar-refractivity contribution >= 4 is 5.97 Å². The van der Waals surface area contributed by atoms with Crippen molar-refractivity contribution in [1.29, 1.82) is 0 Å². The summed E-state index contributed by atoms with van der Waals surface area (Å²) in [5.74, 6) is -1.01. The molecule has 0 aromatic rings. The Labute approximate surface area is 262 Å². The molecule has 0 aromatic carbocycles. The quantitative estimate of drug-likeness (QED) is 0.152. The molecule has 1 heterocycles. The van der Waals surface area contributed by atoms with E-state index in [1.807, 2.05) is 60.5 Å². The number of nitrogens with zero attached hydrogens (tertiary/aromatic N) is 1. The normalized spacial score (nSPS) is 28.1. The molecule has 1 aliphatic heterocycles. The van der Waals surface area contributed by atoms with E-state index < -0.39 is 53.8 Å². The molecule has 0 aromatic heterocycles. The molecule has 0 saturated carbocycles. The minimum atomic E-state index is -1.44. The van der Waals surface area contributed by atoms with Gasteiger partial charge >= 0.3 is 5.97 Å². The Morgan fingerprint density at radius 3 is 2.12 bits per heavy atom. The fourth-order valence-corrected chi connectivity index (χ4v) is 6.59. The van der Waals surface area contributed by atoms with Crippen molar-refractivity contribution in [3.63, 3.8) is 0 Å². The number of hydrogen-bond acceptors (Lipinski definition) is 9. The van der Waals surface area contributed by atoms with Crippen LogP contribution in [0.1, 0.15) is 108 Å². The van der Waals surface area contributed by atoms with Gasteiger partial charge in [-0.1, -0.05) is 46.6 Å². The van der Waals surface area contributed by atoms with Crippen LogP contribution in [-0.4, -0.2) is 101 Å². The molecule has 43 heavy (non-hydrogen) atoms. The highest BCUT2D eigenvalue weighted by atomic mass is 16.7. The minimum absolute atomic E-state index is 0.130. The van der Waals surface area contributed by atoms with Gasteiger partial charge in [-0.3, -0.25) is 4.79 Å². The highest BCUT2D eigenvalue weighted by Crippen LogP contribution is 2.36. The number of carbonyl (C=O) groups is 1. The van der Waals surface area contributed by atoms with Crippen molar-refractivity contribution in [2.45, 2.75) is 162 Å². The fraction of sp³-hybridized carbons (Fsp3) is 0.912. The van der Waals surface area contributed by atoms with Gasteiger partial charge in [0.1, 0.15) is 23.9 Å². The Hall–Kier alpha value is -1.07. The first kappa shape index (κ1) is 40.0. The van der Waals surface area contributed by atoms with Crippen LogP contribution in [0.15, 0.2) is 11.1 Å². The van der Waals surface area contributed by atoms with E-state index >= 15 is 0 Å². The summed E-state index contributed by atoms with van der Waals surface area (Å²) in [6, 6.07) is -0.150. The van der Waals surface area contributed by atoms with Gasteiger partial charge in [-0.25, -0.2) is 0 Å². The van der Waals surface area contributed by atoms with Gasteiger partial charge < -0.3 is 39.2 Å². The number of aliphatic hydroxyl groups is 3. The second-order valence-corrected chi connectivity index (χ2v) is 14.2. The molecule has 0 spiro atoms. The van der Waals surface area contributed by atoms with Gasteiger partial charge in [0, 0.05) is 13.2 Å². The van der Waals surface area contributed by atoms with Crippen LogP contribution in [0.3, 0.4) is 0 Å². The standard InChI is InChI=1S/C34H65NO8/c1-15-21(5)19-33(10,38)29(43-32-28(36)26(35(12)13)18-24(8)41-32)22(6)17-23(7)31(37)42-27(16-2)34(11,39)30(40-14)25(9)20(3)4/h21-24,26-30,32,36,38-39H,15-19H2,1-14H3/t21-,22-,23+,24?,26-,27+,28?,29+,30?,32?,33+,34+/m0/s1. The minimum Gasteiger partial charge on any atom is -0.459 e. The number of hydrogen-bond donors (Lipinski definition) is 3. The summed E-state index contributed by atoms with van der Waals surface area (Å²) in [6.07, 6.45) is -1.23. The molecule has 3 N–H and O–H groups in total. The van der Waals surface area contributed by atoms with Crippen LogP contribution in [0.4, 0.5) is 0 Å². The van der Waals surface area contributed by atoms with Crippen LogP contribution in [0, 0.1) is 17.8 Å². The van der Waals surface area contributed by atoms with Crippen LogP contribution in [0.5, 0.6) is 0 Å². The number of aliphatic hydroxyl groups excluding tert-OH is 1. The molecule has 0 bridgehead atoms. The molecule has 1 saturated heterocycles. The van der Waals surface area contributed by atoms with Gasteiger partial charge in [0.2, 0.25) is 0 Å². The number of ether oxygens (including phenoxy) is 4. The zero-order chi connectivity index (χ0) is 33.4. The third kappa shape index (κ3) is 10.8. The maximum atomic E-state index is 13.4. The maximum absolute atomic E-state index is 13.4. The summed E-state index contributed by atoms with van der Waals surface area (Å²) in [5.41, 5.74) is -0.751. The summed E-state index contributed by atoms with van der Waals surface area (Å²) in [7, 11) is 5.39. The van der Waals surface area contributed by atoms with Crippen molar-refractivity contribution in [3.05, 3.63) is 11.1 Å². The van der Waals surface area contributed by atoms with Crippen molar-refractivity contribution in [2.75, 3.05) is 21.2 Å². The second kappa shape index (κ2) is 17.0. The first-order chi connectivity index (χ1) is 19.7. The molecule has 0 aliphatic carbocycles. The third-order valence-corrected chi connectivity index (χ3v) is 9.50. The molecule has 1 rings (SSSR count). The molecule has 1 aliphatic rings. The predicted molar refractivity (Wildman–Crippen MR) is 171 cm³/mol. The Morgan fingerprint density at radius 1 is 1.07 bits per heavy atom. The lowest BCUT2D eigenvalue weighted by Gasteiger charge is -2.46. The molecule has 1 fully saturated rings. The molecule has 12 atom stereocenters. The molecular formula is C34H65NO8. The van der Waals surface area contributed by atoms with Crippen molar-refractivity contribution in [2.24, 2.45) is 17.8 Å². The Morgan fingerprint density at radius 2 is 1.65 bits per heavy atom. The highest BCUT2D eigenvalue weighted by molar-refractivity contribution is 5.72. The number of methoxy groups -OCH3 is 1. The Bertz CT molecular complexity index is 884. The first-order valence-corrected chi connectivity index (χ1v) is 16.2. The van der Waals surface area contributed by atoms with E-state index in [9.17, 15) is 20.1 Å². The SMILES string of the molecule is CC[C@H](C)C[C@@](C)(O)[C@H](OC1OC(C)C[C@H](N(C)C)C1O)[C@@H](C)C[C@@H](C)C(=O)O[C@H](CC)[C@@](C)(O)C(OC)C(C)=C(C)C. The predicted octanol–water partition coefficient (Wildman–Crippen LogP) is 5.09. The van der Waals surface area contributed by atoms with Gasteiger partial charge in [0.25, 0.3) is 0 Å². The maximum Gasteiger partial charge on any atom is 0.309 e. The van der Waals surface area contributed by atoms with Gasteiger partial charge in [0.15, 0.2) is 6.29 Å². The van der Waals surface area contributed by atoms with Gasteiger partial charge in [-0.2, -0.15) is 0 Å². The van der Waals surface area contributed by atoms with Crippen LogP contribution < -0.4 is 0 Å². The third-order valence-electron chi connectivity index (χ3n) is 9.50. The zero-order valence-corrected chi connectivity index (χ0v) is 29.6. The first-order valence-electron chi connectivity index (χ1n) is 16.2. The summed E-state index contributed by atoms with van der Waals surface area (Å²) in [6.45, 7) is 21.0. The molecule has 9 heteroatoms. The van der Waals surface area contributed by atoms with E-state index in [0.717, 1.165) is 17.6 Å². The second-order valence-electron chi connectivity index (χ2n) is 14.2. The molecule has 9 nitrogen and oxygen atoms in total. The van der Waals surface area contributed by atoms with Crippen LogP contribution >= 0.6 is 0 Å². The van der Waals surface area contributed by atoms with Crippen molar-refractivity contribution < 1.29 is 39.1 Å². The number of allylic oxidation sites excluding steroid dienone is 1. The smallest absolute Gasteiger partial charge is 0.309 e. The lowest BCUT2D eigenvalue weighted by Crippen LogP contribution is -2.58. The average molecular weight is 616 g/mol. The van der Waals surface area contributed by atoms with Gasteiger partial charge in [-0.05, 0) is 98.7 Å². The molecule has 0 radical (unpaired) electrons. The number of carbonyl (C=O) groups excluding carboxylic acids is 1. The Kier molecular flexibility index (Phi) is 15.8. The summed E-state index contributed by atoms with van der Waals surface area (Å²) in [4.78, 5) is 15.4. The highest BCUT2D eigenvalue weighted by Gasteiger charge is 2.46. The van der Waals surface area contributed by atoms with Crippen LogP contribution in [0.2, 0.25) is 0 Å². The van der Waals surface area contributed by atoms with Crippen LogP contribution in [0.25, 0.3) is 0 Å². The largest absolute Gasteiger partial charge is 0.459 e. The summed E-state index contributed by atoms with van der Waals surface area (Å²) in [5, 5.41) is 34.5. The molecule has 254 valence electrons. The van der Waals surface area contributed by atoms with E-state index in [-0.39, 0.29) is 24.0 Å². The lowest BCUT2D eigenvalue weighted by molar-refractivity contribution is -0.295. The molecular weight excluding hydrogens is 550 g/mol. The van der Waals surface area contributed by atoms with E-state index in [0.29, 0.717) is 25.7 Å². The van der Waals surface area contributed by atoms with Crippen LogP contribution in [-0.2, 0) is 23.7 Å².